The molecule has 1 aliphatic heterocycles. The van der Waals surface area contributed by atoms with Gasteiger partial charge in [-0.15, -0.1) is 0 Å². The van der Waals surface area contributed by atoms with Gasteiger partial charge in [0.25, 0.3) is 5.56 Å². The van der Waals surface area contributed by atoms with Crippen LogP contribution in [0.4, 0.5) is 0 Å². The second kappa shape index (κ2) is 9.09. The van der Waals surface area contributed by atoms with Gasteiger partial charge in [-0.3, -0.25) is 9.69 Å². The number of benzene rings is 1. The maximum absolute atomic E-state index is 12.4. The summed E-state index contributed by atoms with van der Waals surface area (Å²) in [4.78, 5) is 14.8. The molecule has 0 saturated carbocycles. The van der Waals surface area contributed by atoms with Gasteiger partial charge in [0.05, 0.1) is 18.9 Å². The van der Waals surface area contributed by atoms with Crippen LogP contribution in [0.25, 0.3) is 11.3 Å². The first-order valence-corrected chi connectivity index (χ1v) is 10.8. The quantitative estimate of drug-likeness (QED) is 0.728. The normalized spacial score (nSPS) is 19.3. The minimum atomic E-state index is 0.0462. The first kappa shape index (κ1) is 20.1. The Labute approximate surface area is 172 Å². The van der Waals surface area contributed by atoms with Gasteiger partial charge in [0.15, 0.2) is 0 Å². The first-order valence-electron chi connectivity index (χ1n) is 10.8. The lowest BCUT2D eigenvalue weighted by atomic mass is 9.90. The predicted molar refractivity (Wildman–Crippen MR) is 113 cm³/mol. The number of hydrogen-bond acceptors (Lipinski definition) is 5. The van der Waals surface area contributed by atoms with E-state index >= 15 is 0 Å². The third-order valence-corrected chi connectivity index (χ3v) is 6.25. The van der Waals surface area contributed by atoms with Crippen LogP contribution in [0.5, 0.6) is 5.75 Å². The minimum absolute atomic E-state index is 0.0462. The van der Waals surface area contributed by atoms with Crippen molar-refractivity contribution in [3.8, 4) is 17.0 Å². The van der Waals surface area contributed by atoms with Gasteiger partial charge in [0, 0.05) is 30.8 Å². The summed E-state index contributed by atoms with van der Waals surface area (Å²) in [5.74, 6) is 0.854. The Morgan fingerprint density at radius 2 is 1.90 bits per heavy atom. The van der Waals surface area contributed by atoms with Crippen LogP contribution in [-0.2, 0) is 19.9 Å². The van der Waals surface area contributed by atoms with E-state index in [-0.39, 0.29) is 12.2 Å². The van der Waals surface area contributed by atoms with Crippen LogP contribution < -0.4 is 10.3 Å². The molecular weight excluding hydrogens is 366 g/mol. The van der Waals surface area contributed by atoms with Crippen LogP contribution in [0.3, 0.4) is 0 Å². The maximum Gasteiger partial charge on any atom is 0.269 e. The molecule has 1 atom stereocenters. The van der Waals surface area contributed by atoms with Crippen molar-refractivity contribution in [2.24, 2.45) is 7.05 Å². The number of aliphatic hydroxyl groups excluding tert-OH is 1. The molecule has 0 bridgehead atoms. The van der Waals surface area contributed by atoms with Crippen molar-refractivity contribution < 1.29 is 9.84 Å². The number of aromatic nitrogens is 2. The van der Waals surface area contributed by atoms with Crippen molar-refractivity contribution in [2.75, 3.05) is 26.3 Å². The van der Waals surface area contributed by atoms with Crippen molar-refractivity contribution in [1.82, 2.24) is 14.7 Å². The molecular formula is C23H31N3O3. The van der Waals surface area contributed by atoms with Crippen molar-refractivity contribution in [2.45, 2.75) is 51.0 Å². The number of fused-ring (bicyclic) bond motifs is 1. The largest absolute Gasteiger partial charge is 0.494 e. The van der Waals surface area contributed by atoms with Gasteiger partial charge in [-0.2, -0.15) is 5.10 Å². The molecule has 2 aromatic rings. The topological polar surface area (TPSA) is 67.6 Å². The Bertz CT molecular complexity index is 891. The van der Waals surface area contributed by atoms with E-state index in [2.05, 4.69) is 10.00 Å². The second-order valence-corrected chi connectivity index (χ2v) is 8.18. The molecule has 0 unspecified atom stereocenters. The van der Waals surface area contributed by atoms with Gasteiger partial charge < -0.3 is 9.84 Å². The summed E-state index contributed by atoms with van der Waals surface area (Å²) in [5.41, 5.74) is 4.07. The first-order chi connectivity index (χ1) is 14.2. The van der Waals surface area contributed by atoms with Gasteiger partial charge in [0.1, 0.15) is 5.75 Å². The van der Waals surface area contributed by atoms with Gasteiger partial charge in [0.2, 0.25) is 0 Å². The molecule has 0 spiro atoms. The van der Waals surface area contributed by atoms with Crippen LogP contribution >= 0.6 is 0 Å². The fourth-order valence-electron chi connectivity index (χ4n) is 4.65. The van der Waals surface area contributed by atoms with E-state index in [1.807, 2.05) is 24.3 Å². The molecule has 2 aliphatic rings. The van der Waals surface area contributed by atoms with Gasteiger partial charge in [-0.05, 0) is 81.3 Å². The molecule has 1 aliphatic carbocycles. The average Bonchev–Trinajstić information content (AvgIpc) is 3.22. The van der Waals surface area contributed by atoms with Crippen LogP contribution in [0.1, 0.15) is 43.2 Å². The molecule has 1 aromatic heterocycles. The smallest absolute Gasteiger partial charge is 0.269 e. The molecule has 1 fully saturated rings. The van der Waals surface area contributed by atoms with Crippen LogP contribution in [0.15, 0.2) is 29.1 Å². The Balaban J connectivity index is 1.39. The monoisotopic (exact) mass is 397 g/mol. The Hall–Kier alpha value is -2.18. The van der Waals surface area contributed by atoms with E-state index in [0.29, 0.717) is 12.6 Å². The third kappa shape index (κ3) is 4.38. The van der Waals surface area contributed by atoms with E-state index in [4.69, 9.17) is 4.74 Å². The van der Waals surface area contributed by atoms with E-state index in [0.717, 1.165) is 79.7 Å². The Morgan fingerprint density at radius 3 is 2.66 bits per heavy atom. The van der Waals surface area contributed by atoms with Crippen molar-refractivity contribution in [3.63, 3.8) is 0 Å². The summed E-state index contributed by atoms with van der Waals surface area (Å²) in [6, 6.07) is 8.39. The van der Waals surface area contributed by atoms with Crippen molar-refractivity contribution in [3.05, 3.63) is 45.7 Å². The molecule has 0 radical (unpaired) electrons. The van der Waals surface area contributed by atoms with Crippen molar-refractivity contribution >= 4 is 0 Å². The number of rotatable bonds is 7. The van der Waals surface area contributed by atoms with E-state index in [9.17, 15) is 9.90 Å². The number of likely N-dealkylation sites (tertiary alicyclic amines) is 1. The summed E-state index contributed by atoms with van der Waals surface area (Å²) in [6.45, 7) is 2.97. The molecule has 4 rings (SSSR count). The highest BCUT2D eigenvalue weighted by molar-refractivity contribution is 5.65. The van der Waals surface area contributed by atoms with E-state index < -0.39 is 0 Å². The van der Waals surface area contributed by atoms with Gasteiger partial charge >= 0.3 is 0 Å². The zero-order valence-electron chi connectivity index (χ0n) is 17.3. The predicted octanol–water partition coefficient (Wildman–Crippen LogP) is 2.55. The number of ether oxygens (including phenoxy) is 1. The molecule has 1 aromatic carbocycles. The molecule has 2 heterocycles. The lowest BCUT2D eigenvalue weighted by Gasteiger charge is -2.22. The summed E-state index contributed by atoms with van der Waals surface area (Å²) in [5, 5.41) is 14.0. The van der Waals surface area contributed by atoms with Gasteiger partial charge in [-0.25, -0.2) is 4.68 Å². The highest BCUT2D eigenvalue weighted by atomic mass is 16.5. The Morgan fingerprint density at radius 1 is 1.14 bits per heavy atom. The minimum Gasteiger partial charge on any atom is -0.494 e. The average molecular weight is 398 g/mol. The molecule has 29 heavy (non-hydrogen) atoms. The fraction of sp³-hybridized carbons (Fsp3) is 0.565. The van der Waals surface area contributed by atoms with Gasteiger partial charge in [-0.1, -0.05) is 0 Å². The summed E-state index contributed by atoms with van der Waals surface area (Å²) in [6.07, 6.45) is 7.20. The number of aliphatic hydroxyl groups is 1. The maximum atomic E-state index is 12.4. The van der Waals surface area contributed by atoms with Crippen LogP contribution in [0, 0.1) is 0 Å². The fourth-order valence-corrected chi connectivity index (χ4v) is 4.65. The highest BCUT2D eigenvalue weighted by Crippen LogP contribution is 2.29. The second-order valence-electron chi connectivity index (χ2n) is 8.18. The molecule has 1 saturated heterocycles. The van der Waals surface area contributed by atoms with E-state index in [1.54, 1.807) is 7.05 Å². The standard InChI is InChI=1S/C23H31N3O3/c1-25-23(28)21-8-3-2-7-20(21)22(24-25)17-9-11-19(12-10-17)29-15-5-14-26-13-4-6-18(26)16-27/h9-12,18,27H,2-8,13-16H2,1H3/t18-/m0/s1. The zero-order valence-corrected chi connectivity index (χ0v) is 17.3. The lowest BCUT2D eigenvalue weighted by molar-refractivity contribution is 0.150. The third-order valence-electron chi connectivity index (χ3n) is 6.25. The molecule has 6 heteroatoms. The number of nitrogens with zero attached hydrogens (tertiary/aromatic N) is 3. The van der Waals surface area contributed by atoms with Crippen molar-refractivity contribution in [1.29, 1.82) is 0 Å². The highest BCUT2D eigenvalue weighted by Gasteiger charge is 2.23. The summed E-state index contributed by atoms with van der Waals surface area (Å²) < 4.78 is 7.39. The van der Waals surface area contributed by atoms with E-state index in [1.165, 1.54) is 11.1 Å². The SMILES string of the molecule is Cn1nc(-c2ccc(OCCCN3CCC[C@H]3CO)cc2)c2c(c1=O)CCCC2. The Kier molecular flexibility index (Phi) is 6.31. The summed E-state index contributed by atoms with van der Waals surface area (Å²) >= 11 is 0. The van der Waals surface area contributed by atoms with Crippen LogP contribution in [-0.4, -0.2) is 52.1 Å². The molecule has 156 valence electrons. The number of hydrogen-bond donors (Lipinski definition) is 1. The number of aryl methyl sites for hydroxylation is 1. The molecule has 0 amide bonds. The molecule has 6 nitrogen and oxygen atoms in total. The summed E-state index contributed by atoms with van der Waals surface area (Å²) in [7, 11) is 1.74. The van der Waals surface area contributed by atoms with Crippen LogP contribution in [0.2, 0.25) is 0 Å². The molecule has 1 N–H and O–H groups in total. The zero-order chi connectivity index (χ0) is 20.2. The lowest BCUT2D eigenvalue weighted by Crippen LogP contribution is -2.33.